The number of ketones is 1. The molecule has 4 rings (SSSR count). The van der Waals surface area contributed by atoms with Crippen LogP contribution in [0.2, 0.25) is 0 Å². The normalized spacial score (nSPS) is 20.9. The Labute approximate surface area is 284 Å². The van der Waals surface area contributed by atoms with Crippen LogP contribution in [0.25, 0.3) is 0 Å². The highest BCUT2D eigenvalue weighted by atomic mass is 32.2. The molecule has 6 N–H and O–H groups in total. The summed E-state index contributed by atoms with van der Waals surface area (Å²) in [4.78, 5) is 44.7. The number of amides is 2. The molecule has 2 unspecified atom stereocenters. The monoisotopic (exact) mass is 692 g/mol. The van der Waals surface area contributed by atoms with Gasteiger partial charge in [-0.2, -0.15) is 0 Å². The molecule has 3 atom stereocenters. The lowest BCUT2D eigenvalue weighted by Crippen LogP contribution is -2.54. The highest BCUT2D eigenvalue weighted by Crippen LogP contribution is 2.43. The second-order valence-corrected chi connectivity index (χ2v) is 15.9. The van der Waals surface area contributed by atoms with Crippen molar-refractivity contribution in [3.8, 4) is 5.75 Å². The number of aliphatic imine (C=N–C) groups is 1. The molecule has 2 fully saturated rings. The van der Waals surface area contributed by atoms with E-state index in [0.717, 1.165) is 36.8 Å². The molecule has 1 aromatic rings. The number of rotatable bonds is 13. The molecular formula is C34H53FN6O6S. The maximum Gasteiger partial charge on any atom is 0.264 e. The number of hydrogen-bond donors (Lipinski definition) is 4. The molecule has 2 aliphatic heterocycles. The highest BCUT2D eigenvalue weighted by molar-refractivity contribution is 7.90. The SMILES string of the molecule is Cc1c(C)c(S(=O)(=O)NC(N)=NCCCC(NC(=O)[C@@H]2CCCN2C(=O)C(N)CC2CCCCC2)C(=O)CF)c(C)c2c1OC(C)(C)C2. The fourth-order valence-corrected chi connectivity index (χ4v) is 8.96. The number of carbonyl (C=O) groups is 3. The van der Waals surface area contributed by atoms with Gasteiger partial charge >= 0.3 is 0 Å². The standard InChI is InChI=1S/C34H53FN6O6S/c1-20-21(2)30(22(3)24-18-34(4,5)47-29(20)24)48(45,46)40-33(37)38-15-9-13-26(28(42)19-35)39-31(43)27-14-10-16-41(27)32(44)25(36)17-23-11-7-6-8-12-23/h23,25-27H,6-19,36H2,1-5H3,(H,39,43)(H3,37,38,40)/t25?,26?,27-/m0/s1. The number of nitrogens with zero attached hydrogens (tertiary/aromatic N) is 2. The van der Waals surface area contributed by atoms with Crippen molar-refractivity contribution in [2.45, 2.75) is 134 Å². The summed E-state index contributed by atoms with van der Waals surface area (Å²) in [7, 11) is -4.09. The molecule has 1 saturated carbocycles. The molecule has 1 saturated heterocycles. The minimum Gasteiger partial charge on any atom is -0.487 e. The predicted octanol–water partition coefficient (Wildman–Crippen LogP) is 3.01. The van der Waals surface area contributed by atoms with Gasteiger partial charge in [-0.25, -0.2) is 17.5 Å². The zero-order valence-electron chi connectivity index (χ0n) is 29.0. The van der Waals surface area contributed by atoms with E-state index in [2.05, 4.69) is 15.0 Å². The van der Waals surface area contributed by atoms with E-state index >= 15 is 0 Å². The van der Waals surface area contributed by atoms with Crippen LogP contribution in [0.1, 0.15) is 100 Å². The number of nitrogens with one attached hydrogen (secondary N) is 2. The lowest BCUT2D eigenvalue weighted by Gasteiger charge is -2.30. The molecule has 268 valence electrons. The number of fused-ring (bicyclic) bond motifs is 1. The third-order valence-electron chi connectivity index (χ3n) is 10.0. The van der Waals surface area contributed by atoms with Gasteiger partial charge in [-0.05, 0) is 89.3 Å². The Morgan fingerprint density at radius 2 is 1.75 bits per heavy atom. The van der Waals surface area contributed by atoms with E-state index in [-0.39, 0.29) is 36.1 Å². The summed E-state index contributed by atoms with van der Waals surface area (Å²) in [5.41, 5.74) is 14.6. The number of guanidine groups is 1. The number of Topliss-reactive ketones (excluding diaryl/α,β-unsaturated/α-hetero) is 1. The first-order valence-corrected chi connectivity index (χ1v) is 18.6. The minimum atomic E-state index is -4.09. The summed E-state index contributed by atoms with van der Waals surface area (Å²) in [6.07, 6.45) is 8.07. The first-order valence-electron chi connectivity index (χ1n) is 17.2. The Morgan fingerprint density at radius 1 is 1.06 bits per heavy atom. The fraction of sp³-hybridized carbons (Fsp3) is 0.706. The Bertz CT molecular complexity index is 1520. The molecular weight excluding hydrogens is 639 g/mol. The van der Waals surface area contributed by atoms with Crippen LogP contribution >= 0.6 is 0 Å². The quantitative estimate of drug-likeness (QED) is 0.138. The highest BCUT2D eigenvalue weighted by Gasteiger charge is 2.39. The lowest BCUT2D eigenvalue weighted by atomic mass is 9.84. The maximum atomic E-state index is 13.5. The summed E-state index contributed by atoms with van der Waals surface area (Å²) in [6.45, 7) is 8.36. The van der Waals surface area contributed by atoms with Crippen LogP contribution in [0.4, 0.5) is 4.39 Å². The minimum absolute atomic E-state index is 0.0214. The van der Waals surface area contributed by atoms with E-state index in [1.807, 2.05) is 20.8 Å². The molecule has 2 heterocycles. The summed E-state index contributed by atoms with van der Waals surface area (Å²) in [5, 5.41) is 2.64. The number of alkyl halides is 1. The number of likely N-dealkylation sites (tertiary alicyclic amines) is 1. The van der Waals surface area contributed by atoms with Gasteiger partial charge in [0.05, 0.1) is 17.0 Å². The van der Waals surface area contributed by atoms with Gasteiger partial charge in [0.2, 0.25) is 17.8 Å². The van der Waals surface area contributed by atoms with Gasteiger partial charge in [0, 0.05) is 25.1 Å². The Hall–Kier alpha value is -3.26. The van der Waals surface area contributed by atoms with E-state index in [1.54, 1.807) is 13.8 Å². The van der Waals surface area contributed by atoms with Gasteiger partial charge in [-0.1, -0.05) is 32.1 Å². The van der Waals surface area contributed by atoms with Crippen LogP contribution in [0.5, 0.6) is 5.75 Å². The molecule has 3 aliphatic rings. The number of benzene rings is 1. The Balaban J connectivity index is 1.34. The van der Waals surface area contributed by atoms with Crippen molar-refractivity contribution in [2.24, 2.45) is 22.4 Å². The van der Waals surface area contributed by atoms with Crippen LogP contribution in [-0.2, 0) is 30.8 Å². The van der Waals surface area contributed by atoms with Crippen LogP contribution in [0, 0.1) is 26.7 Å². The van der Waals surface area contributed by atoms with Gasteiger partial charge in [0.1, 0.15) is 24.1 Å². The van der Waals surface area contributed by atoms with Crippen LogP contribution in [0.3, 0.4) is 0 Å². The fourth-order valence-electron chi connectivity index (χ4n) is 7.44. The van der Waals surface area contributed by atoms with Gasteiger partial charge in [-0.3, -0.25) is 19.4 Å². The number of halogens is 1. The number of ether oxygens (including phenoxy) is 1. The summed E-state index contributed by atoms with van der Waals surface area (Å²) in [5.74, 6) is -0.786. The zero-order chi connectivity index (χ0) is 35.4. The molecule has 0 aromatic heterocycles. The van der Waals surface area contributed by atoms with E-state index in [4.69, 9.17) is 16.2 Å². The van der Waals surface area contributed by atoms with Crippen molar-refractivity contribution in [1.82, 2.24) is 14.9 Å². The molecule has 12 nitrogen and oxygen atoms in total. The topological polar surface area (TPSA) is 186 Å². The van der Waals surface area contributed by atoms with Crippen LogP contribution < -0.4 is 26.2 Å². The van der Waals surface area contributed by atoms with E-state index < -0.39 is 52.1 Å². The number of carbonyl (C=O) groups excluding carboxylic acids is 3. The van der Waals surface area contributed by atoms with Crippen molar-refractivity contribution in [3.05, 3.63) is 22.3 Å². The molecule has 0 bridgehead atoms. The van der Waals surface area contributed by atoms with Crippen molar-refractivity contribution < 1.29 is 31.9 Å². The molecule has 14 heteroatoms. The number of sulfonamides is 1. The number of hydrogen-bond acceptors (Lipinski definition) is 8. The van der Waals surface area contributed by atoms with E-state index in [1.165, 1.54) is 11.3 Å². The zero-order valence-corrected chi connectivity index (χ0v) is 29.8. The molecule has 0 radical (unpaired) electrons. The average molecular weight is 693 g/mol. The van der Waals surface area contributed by atoms with E-state index in [0.29, 0.717) is 55.0 Å². The van der Waals surface area contributed by atoms with Gasteiger partial charge in [-0.15, -0.1) is 0 Å². The molecule has 1 aromatic carbocycles. The molecule has 0 spiro atoms. The third kappa shape index (κ3) is 8.66. The third-order valence-corrected chi connectivity index (χ3v) is 11.7. The largest absolute Gasteiger partial charge is 0.487 e. The predicted molar refractivity (Wildman–Crippen MR) is 182 cm³/mol. The van der Waals surface area contributed by atoms with Crippen molar-refractivity contribution >= 4 is 33.6 Å². The Kier molecular flexibility index (Phi) is 12.1. The summed E-state index contributed by atoms with van der Waals surface area (Å²) in [6, 6.07) is -2.60. The molecule has 48 heavy (non-hydrogen) atoms. The first kappa shape index (κ1) is 37.6. The van der Waals surface area contributed by atoms with Crippen LogP contribution in [0.15, 0.2) is 9.89 Å². The lowest BCUT2D eigenvalue weighted by molar-refractivity contribution is -0.140. The van der Waals surface area contributed by atoms with Gasteiger partial charge < -0.3 is 26.4 Å². The summed E-state index contributed by atoms with van der Waals surface area (Å²) >= 11 is 0. The maximum absolute atomic E-state index is 13.5. The van der Waals surface area contributed by atoms with Gasteiger partial charge in [0.15, 0.2) is 5.78 Å². The molecule has 2 amide bonds. The first-order chi connectivity index (χ1) is 22.6. The van der Waals surface area contributed by atoms with Crippen LogP contribution in [-0.4, -0.2) is 80.4 Å². The Morgan fingerprint density at radius 3 is 2.42 bits per heavy atom. The van der Waals surface area contributed by atoms with E-state index in [9.17, 15) is 27.2 Å². The molecule has 1 aliphatic carbocycles. The van der Waals surface area contributed by atoms with Crippen molar-refractivity contribution in [2.75, 3.05) is 19.8 Å². The van der Waals surface area contributed by atoms with Crippen molar-refractivity contribution in [3.63, 3.8) is 0 Å². The summed E-state index contributed by atoms with van der Waals surface area (Å²) < 4.78 is 48.8. The second kappa shape index (κ2) is 15.5. The van der Waals surface area contributed by atoms with Gasteiger partial charge in [0.25, 0.3) is 10.0 Å². The second-order valence-electron chi connectivity index (χ2n) is 14.3. The van der Waals surface area contributed by atoms with Crippen molar-refractivity contribution in [1.29, 1.82) is 0 Å². The average Bonchev–Trinajstić information content (AvgIpc) is 3.65. The smallest absolute Gasteiger partial charge is 0.264 e. The number of nitrogens with two attached hydrogens (primary N) is 2.